The number of carbonyl (C=O) groups is 3. The van der Waals surface area contributed by atoms with Gasteiger partial charge in [0, 0.05) is 13.1 Å². The monoisotopic (exact) mass is 496 g/mol. The summed E-state index contributed by atoms with van der Waals surface area (Å²) in [5.41, 5.74) is -0.174. The standard InChI is InChI=1S/C28H36N2O6/c1-4-7-16-35-27(34)22-21-13-14-28(36-21)23(22)25(32)30(20(6-3)18-31)24(28)26(33)29(15-5-2)17-19-11-9-8-10-12-19/h4-5,8-12,20-24,31H,1-2,6-7,13-18H2,3H3/t20-,21+,22-,23-,24?,28?/m0/s1. The van der Waals surface area contributed by atoms with Gasteiger partial charge in [0.15, 0.2) is 0 Å². The van der Waals surface area contributed by atoms with E-state index < -0.39 is 41.6 Å². The van der Waals surface area contributed by atoms with Crippen molar-refractivity contribution in [2.75, 3.05) is 19.8 Å². The van der Waals surface area contributed by atoms with Crippen molar-refractivity contribution in [3.05, 3.63) is 61.2 Å². The zero-order chi connectivity index (χ0) is 25.9. The molecule has 1 aromatic rings. The minimum Gasteiger partial charge on any atom is -0.465 e. The number of aliphatic hydroxyl groups is 1. The molecule has 3 heterocycles. The van der Waals surface area contributed by atoms with E-state index in [9.17, 15) is 19.5 Å². The van der Waals surface area contributed by atoms with E-state index in [2.05, 4.69) is 13.2 Å². The smallest absolute Gasteiger partial charge is 0.312 e. The van der Waals surface area contributed by atoms with Gasteiger partial charge in [0.25, 0.3) is 0 Å². The number of hydrogen-bond donors (Lipinski definition) is 1. The number of nitrogens with zero attached hydrogens (tertiary/aromatic N) is 2. The third kappa shape index (κ3) is 4.37. The summed E-state index contributed by atoms with van der Waals surface area (Å²) in [6.07, 6.45) is 4.89. The fraction of sp³-hybridized carbons (Fsp3) is 0.536. The first-order valence-corrected chi connectivity index (χ1v) is 12.7. The number of ether oxygens (including phenoxy) is 2. The highest BCUT2D eigenvalue weighted by molar-refractivity contribution is 5.98. The van der Waals surface area contributed by atoms with E-state index >= 15 is 0 Å². The summed E-state index contributed by atoms with van der Waals surface area (Å²) in [5, 5.41) is 10.2. The molecule has 4 rings (SSSR count). The molecule has 0 radical (unpaired) electrons. The Balaban J connectivity index is 1.71. The number of benzene rings is 1. The lowest BCUT2D eigenvalue weighted by atomic mass is 9.70. The number of esters is 1. The Kier molecular flexibility index (Phi) is 7.95. The number of hydrogen-bond acceptors (Lipinski definition) is 6. The van der Waals surface area contributed by atoms with Crippen LogP contribution in [0.2, 0.25) is 0 Å². The minimum absolute atomic E-state index is 0.184. The maximum Gasteiger partial charge on any atom is 0.312 e. The highest BCUT2D eigenvalue weighted by atomic mass is 16.6. The molecule has 0 aromatic heterocycles. The summed E-state index contributed by atoms with van der Waals surface area (Å²) >= 11 is 0. The number of likely N-dealkylation sites (tertiary alicyclic amines) is 1. The topological polar surface area (TPSA) is 96.4 Å². The van der Waals surface area contributed by atoms with Crippen LogP contribution < -0.4 is 0 Å². The SMILES string of the molecule is C=CCCOC(=O)[C@@H]1[C@H]2C(=O)N([C@@H](CC)CO)C(C(=O)N(CC=C)Cc3ccccc3)C23CC[C@H]1O3. The van der Waals surface area contributed by atoms with Gasteiger partial charge in [-0.2, -0.15) is 0 Å². The Labute approximate surface area is 212 Å². The van der Waals surface area contributed by atoms with Crippen LogP contribution in [-0.4, -0.2) is 76.2 Å². The average molecular weight is 497 g/mol. The average Bonchev–Trinajstić information content (AvgIpc) is 3.53. The molecule has 194 valence electrons. The lowest BCUT2D eigenvalue weighted by Gasteiger charge is -2.39. The van der Waals surface area contributed by atoms with Gasteiger partial charge in [0.2, 0.25) is 11.8 Å². The van der Waals surface area contributed by atoms with Crippen LogP contribution in [0.4, 0.5) is 0 Å². The molecule has 2 unspecified atom stereocenters. The van der Waals surface area contributed by atoms with Crippen molar-refractivity contribution in [1.29, 1.82) is 0 Å². The van der Waals surface area contributed by atoms with Crippen LogP contribution >= 0.6 is 0 Å². The largest absolute Gasteiger partial charge is 0.465 e. The van der Waals surface area contributed by atoms with E-state index in [4.69, 9.17) is 9.47 Å². The summed E-state index contributed by atoms with van der Waals surface area (Å²) in [5.74, 6) is -2.64. The normalized spacial score (nSPS) is 29.1. The van der Waals surface area contributed by atoms with E-state index in [1.165, 1.54) is 4.90 Å². The fourth-order valence-electron chi connectivity index (χ4n) is 6.15. The third-order valence-corrected chi connectivity index (χ3v) is 7.76. The Bertz CT molecular complexity index is 993. The molecule has 2 amide bonds. The number of fused-ring (bicyclic) bond motifs is 1. The van der Waals surface area contributed by atoms with Crippen molar-refractivity contribution in [3.8, 4) is 0 Å². The zero-order valence-electron chi connectivity index (χ0n) is 20.9. The summed E-state index contributed by atoms with van der Waals surface area (Å²) in [4.78, 5) is 44.5. The van der Waals surface area contributed by atoms with Gasteiger partial charge in [0.1, 0.15) is 11.6 Å². The van der Waals surface area contributed by atoms with Gasteiger partial charge in [-0.3, -0.25) is 14.4 Å². The Morgan fingerprint density at radius 1 is 1.31 bits per heavy atom. The van der Waals surface area contributed by atoms with Crippen LogP contribution in [0.25, 0.3) is 0 Å². The van der Waals surface area contributed by atoms with E-state index in [-0.39, 0.29) is 25.0 Å². The van der Waals surface area contributed by atoms with Gasteiger partial charge < -0.3 is 24.4 Å². The molecular formula is C28H36N2O6. The Morgan fingerprint density at radius 2 is 2.06 bits per heavy atom. The molecule has 3 fully saturated rings. The number of rotatable bonds is 12. The van der Waals surface area contributed by atoms with Crippen LogP contribution in [0.3, 0.4) is 0 Å². The van der Waals surface area contributed by atoms with Gasteiger partial charge in [-0.15, -0.1) is 13.2 Å². The first-order chi connectivity index (χ1) is 17.4. The van der Waals surface area contributed by atoms with E-state index in [1.807, 2.05) is 37.3 Å². The molecule has 0 aliphatic carbocycles. The molecule has 3 saturated heterocycles. The first kappa shape index (κ1) is 26.1. The van der Waals surface area contributed by atoms with Crippen molar-refractivity contribution < 1.29 is 29.0 Å². The quantitative estimate of drug-likeness (QED) is 0.271. The lowest BCUT2D eigenvalue weighted by Crippen LogP contribution is -2.58. The summed E-state index contributed by atoms with van der Waals surface area (Å²) in [7, 11) is 0. The van der Waals surface area contributed by atoms with Crippen molar-refractivity contribution in [3.63, 3.8) is 0 Å². The second-order valence-electron chi connectivity index (χ2n) is 9.78. The highest BCUT2D eigenvalue weighted by Gasteiger charge is 2.75. The molecule has 0 saturated carbocycles. The summed E-state index contributed by atoms with van der Waals surface area (Å²) in [6, 6.07) is 8.12. The second kappa shape index (κ2) is 11.0. The van der Waals surface area contributed by atoms with E-state index in [0.717, 1.165) is 5.56 Å². The Hall–Kier alpha value is -2.97. The van der Waals surface area contributed by atoms with Crippen molar-refractivity contribution >= 4 is 17.8 Å². The molecule has 1 N–H and O–H groups in total. The van der Waals surface area contributed by atoms with Crippen LogP contribution in [0, 0.1) is 11.8 Å². The molecular weight excluding hydrogens is 460 g/mol. The van der Waals surface area contributed by atoms with Crippen LogP contribution in [0.1, 0.15) is 38.2 Å². The number of aliphatic hydroxyl groups excluding tert-OH is 1. The Morgan fingerprint density at radius 3 is 2.69 bits per heavy atom. The van der Waals surface area contributed by atoms with E-state index in [1.54, 1.807) is 17.1 Å². The number of carbonyl (C=O) groups excluding carboxylic acids is 3. The molecule has 2 bridgehead atoms. The van der Waals surface area contributed by atoms with Crippen molar-refractivity contribution in [1.82, 2.24) is 9.80 Å². The molecule has 1 spiro atoms. The highest BCUT2D eigenvalue weighted by Crippen LogP contribution is 2.59. The van der Waals surface area contributed by atoms with Crippen molar-refractivity contribution in [2.24, 2.45) is 11.8 Å². The maximum atomic E-state index is 14.2. The summed E-state index contributed by atoms with van der Waals surface area (Å²) in [6.45, 7) is 9.87. The molecule has 3 aliphatic heterocycles. The van der Waals surface area contributed by atoms with Crippen LogP contribution in [0.15, 0.2) is 55.6 Å². The van der Waals surface area contributed by atoms with Gasteiger partial charge >= 0.3 is 5.97 Å². The first-order valence-electron chi connectivity index (χ1n) is 12.7. The molecule has 6 atom stereocenters. The zero-order valence-corrected chi connectivity index (χ0v) is 20.9. The predicted molar refractivity (Wildman–Crippen MR) is 133 cm³/mol. The number of amides is 2. The second-order valence-corrected chi connectivity index (χ2v) is 9.78. The van der Waals surface area contributed by atoms with Gasteiger partial charge in [-0.25, -0.2) is 0 Å². The molecule has 1 aromatic carbocycles. The minimum atomic E-state index is -1.13. The van der Waals surface area contributed by atoms with Crippen LogP contribution in [0.5, 0.6) is 0 Å². The van der Waals surface area contributed by atoms with Crippen molar-refractivity contribution in [2.45, 2.75) is 62.9 Å². The van der Waals surface area contributed by atoms with Gasteiger partial charge in [-0.1, -0.05) is 49.4 Å². The van der Waals surface area contributed by atoms with Gasteiger partial charge in [-0.05, 0) is 31.2 Å². The lowest BCUT2D eigenvalue weighted by molar-refractivity contribution is -0.156. The molecule has 8 heteroatoms. The van der Waals surface area contributed by atoms with Crippen LogP contribution in [-0.2, 0) is 30.4 Å². The van der Waals surface area contributed by atoms with E-state index in [0.29, 0.717) is 38.8 Å². The summed E-state index contributed by atoms with van der Waals surface area (Å²) < 4.78 is 11.9. The third-order valence-electron chi connectivity index (χ3n) is 7.76. The fourth-order valence-corrected chi connectivity index (χ4v) is 6.15. The predicted octanol–water partition coefficient (Wildman–Crippen LogP) is 2.47. The molecule has 3 aliphatic rings. The van der Waals surface area contributed by atoms with Gasteiger partial charge in [0.05, 0.1) is 37.2 Å². The molecule has 36 heavy (non-hydrogen) atoms. The molecule has 8 nitrogen and oxygen atoms in total. The maximum absolute atomic E-state index is 14.2.